The van der Waals surface area contributed by atoms with Crippen LogP contribution in [0.3, 0.4) is 0 Å². The Hall–Kier alpha value is -0.260. The molecule has 92 valence electrons. The average Bonchev–Trinajstić information content (AvgIpc) is 2.17. The van der Waals surface area contributed by atoms with Crippen molar-refractivity contribution in [1.82, 2.24) is 4.98 Å². The van der Waals surface area contributed by atoms with E-state index in [9.17, 15) is 9.13 Å². The predicted octanol–water partition coefficient (Wildman–Crippen LogP) is 0.946. The lowest BCUT2D eigenvalue weighted by Crippen LogP contribution is -1.99. The molecule has 0 atom stereocenters. The van der Waals surface area contributed by atoms with Gasteiger partial charge < -0.3 is 19.6 Å². The highest BCUT2D eigenvalue weighted by molar-refractivity contribution is 7.73. The number of nitrogens with zero attached hydrogens (tertiary/aromatic N) is 1. The molecule has 4 N–H and O–H groups in total. The largest absolute Gasteiger partial charge is 0.355 e. The maximum Gasteiger partial charge on any atom is 0.355 e. The predicted molar refractivity (Wildman–Crippen MR) is 58.0 cm³/mol. The highest BCUT2D eigenvalue weighted by atomic mass is 35.5. The molecule has 0 aliphatic rings. The summed E-state index contributed by atoms with van der Waals surface area (Å²) in [4.78, 5) is 33.8. The van der Waals surface area contributed by atoms with E-state index in [1.165, 1.54) is 0 Å². The summed E-state index contributed by atoms with van der Waals surface area (Å²) in [5.41, 5.74) is 0. The fourth-order valence-corrected chi connectivity index (χ4v) is 2.08. The zero-order valence-corrected chi connectivity index (χ0v) is 10.3. The number of hydrogen-bond donors (Lipinski definition) is 4. The van der Waals surface area contributed by atoms with Crippen LogP contribution in [0.4, 0.5) is 0 Å². The van der Waals surface area contributed by atoms with E-state index in [0.29, 0.717) is 0 Å². The van der Waals surface area contributed by atoms with Crippen LogP contribution in [0.25, 0.3) is 0 Å². The van der Waals surface area contributed by atoms with Crippen molar-refractivity contribution in [2.45, 2.75) is 4.86 Å². The van der Waals surface area contributed by atoms with Crippen molar-refractivity contribution < 1.29 is 28.7 Å². The minimum absolute atomic E-state index is 1.75. The summed E-state index contributed by atoms with van der Waals surface area (Å²) in [5, 5.41) is 0. The first-order valence-corrected chi connectivity index (χ1v) is 7.55. The molecule has 0 aromatic carbocycles. The third-order valence-corrected chi connectivity index (χ3v) is 5.56. The first kappa shape index (κ1) is 15.7. The summed E-state index contributed by atoms with van der Waals surface area (Å²) >= 11 is 4.71. The number of alkyl halides is 1. The summed E-state index contributed by atoms with van der Waals surface area (Å²) in [6.45, 7) is 0. The van der Waals surface area contributed by atoms with E-state index < -0.39 is 20.1 Å². The number of rotatable bonds is 2. The fourth-order valence-electron chi connectivity index (χ4n) is 0.509. The molecule has 0 fully saturated rings. The maximum atomic E-state index is 10.0. The lowest BCUT2D eigenvalue weighted by atomic mass is 10.5. The van der Waals surface area contributed by atoms with Crippen LogP contribution in [0.15, 0.2) is 30.6 Å². The molecular formula is C6H10ClNO6P2. The SMILES string of the molecule is O=P(O)(O)C(Cl)P(=O)(O)O.c1ccncc1. The van der Waals surface area contributed by atoms with E-state index in [1.54, 1.807) is 12.4 Å². The Morgan fingerprint density at radius 3 is 1.38 bits per heavy atom. The Morgan fingerprint density at radius 1 is 0.938 bits per heavy atom. The van der Waals surface area contributed by atoms with Gasteiger partial charge in [0.2, 0.25) is 4.86 Å². The van der Waals surface area contributed by atoms with E-state index in [1.807, 2.05) is 18.2 Å². The molecule has 7 nitrogen and oxygen atoms in total. The Balaban J connectivity index is 0.000000315. The van der Waals surface area contributed by atoms with Crippen LogP contribution in [-0.2, 0) is 9.13 Å². The van der Waals surface area contributed by atoms with Crippen molar-refractivity contribution in [1.29, 1.82) is 0 Å². The molecule has 1 aromatic rings. The van der Waals surface area contributed by atoms with Gasteiger partial charge in [0.15, 0.2) is 0 Å². The normalized spacial score (nSPS) is 11.9. The van der Waals surface area contributed by atoms with Gasteiger partial charge in [0, 0.05) is 12.4 Å². The van der Waals surface area contributed by atoms with Gasteiger partial charge in [-0.05, 0) is 12.1 Å². The average molecular weight is 290 g/mol. The molecule has 0 amide bonds. The van der Waals surface area contributed by atoms with Gasteiger partial charge in [-0.2, -0.15) is 0 Å². The topological polar surface area (TPSA) is 128 Å². The van der Waals surface area contributed by atoms with Crippen LogP contribution in [0, 0.1) is 0 Å². The molecule has 1 heterocycles. The van der Waals surface area contributed by atoms with Gasteiger partial charge in [0.25, 0.3) is 0 Å². The molecule has 0 saturated heterocycles. The quantitative estimate of drug-likeness (QED) is 0.471. The van der Waals surface area contributed by atoms with E-state index in [2.05, 4.69) is 4.98 Å². The minimum atomic E-state index is -4.88. The van der Waals surface area contributed by atoms with Gasteiger partial charge in [0.05, 0.1) is 0 Å². The summed E-state index contributed by atoms with van der Waals surface area (Å²) in [6, 6.07) is 5.72. The highest BCUT2D eigenvalue weighted by Gasteiger charge is 2.41. The first-order chi connectivity index (χ1) is 7.15. The highest BCUT2D eigenvalue weighted by Crippen LogP contribution is 2.61. The van der Waals surface area contributed by atoms with E-state index in [4.69, 9.17) is 31.2 Å². The second-order valence-electron chi connectivity index (χ2n) is 2.51. The van der Waals surface area contributed by atoms with E-state index >= 15 is 0 Å². The standard InChI is InChI=1S/C5H5N.CH5ClO6P2/c1-2-4-6-5-3-1;2-1(9(3,4)5)10(6,7)8/h1-5H;1H,(H2,3,4,5)(H2,6,7,8). The van der Waals surface area contributed by atoms with E-state index in [-0.39, 0.29) is 0 Å². The zero-order valence-electron chi connectivity index (χ0n) is 7.79. The molecule has 1 rings (SSSR count). The van der Waals surface area contributed by atoms with Gasteiger partial charge in [0.1, 0.15) is 0 Å². The molecule has 0 unspecified atom stereocenters. The number of aromatic nitrogens is 1. The van der Waals surface area contributed by atoms with Crippen LogP contribution in [0.5, 0.6) is 0 Å². The number of pyridine rings is 1. The van der Waals surface area contributed by atoms with Crippen molar-refractivity contribution in [2.24, 2.45) is 0 Å². The fraction of sp³-hybridized carbons (Fsp3) is 0.167. The van der Waals surface area contributed by atoms with Gasteiger partial charge >= 0.3 is 15.2 Å². The van der Waals surface area contributed by atoms with Crippen LogP contribution in [0.1, 0.15) is 0 Å². The van der Waals surface area contributed by atoms with Crippen LogP contribution >= 0.6 is 26.8 Å². The summed E-state index contributed by atoms with van der Waals surface area (Å²) < 4.78 is 20.1. The molecule has 0 bridgehead atoms. The van der Waals surface area contributed by atoms with Crippen LogP contribution < -0.4 is 0 Å². The monoisotopic (exact) mass is 289 g/mol. The summed E-state index contributed by atoms with van der Waals surface area (Å²) in [5.74, 6) is 0. The van der Waals surface area contributed by atoms with Crippen molar-refractivity contribution in [3.05, 3.63) is 30.6 Å². The van der Waals surface area contributed by atoms with Gasteiger partial charge in [-0.25, -0.2) is 0 Å². The van der Waals surface area contributed by atoms with Gasteiger partial charge in [-0.1, -0.05) is 17.7 Å². The van der Waals surface area contributed by atoms with Crippen molar-refractivity contribution >= 4 is 26.8 Å². The maximum absolute atomic E-state index is 10.0. The molecule has 0 spiro atoms. The molecule has 10 heteroatoms. The second kappa shape index (κ2) is 6.47. The van der Waals surface area contributed by atoms with Crippen molar-refractivity contribution in [2.75, 3.05) is 0 Å². The van der Waals surface area contributed by atoms with Crippen LogP contribution in [-0.4, -0.2) is 29.4 Å². The third kappa shape index (κ3) is 7.09. The van der Waals surface area contributed by atoms with Crippen molar-refractivity contribution in [3.8, 4) is 0 Å². The molecule has 0 aliphatic carbocycles. The molecule has 0 aliphatic heterocycles. The third-order valence-electron chi connectivity index (χ3n) is 1.12. The van der Waals surface area contributed by atoms with Crippen LogP contribution in [0.2, 0.25) is 0 Å². The summed E-state index contributed by atoms with van der Waals surface area (Å²) in [6.07, 6.45) is 3.50. The minimum Gasteiger partial charge on any atom is -0.323 e. The first-order valence-electron chi connectivity index (χ1n) is 3.75. The van der Waals surface area contributed by atoms with Gasteiger partial charge in [-0.3, -0.25) is 14.1 Å². The summed E-state index contributed by atoms with van der Waals surface area (Å²) in [7, 11) is -9.75. The van der Waals surface area contributed by atoms with E-state index in [0.717, 1.165) is 0 Å². The lowest BCUT2D eigenvalue weighted by Gasteiger charge is -2.11. The van der Waals surface area contributed by atoms with Crippen molar-refractivity contribution in [3.63, 3.8) is 0 Å². The number of halogens is 1. The molecule has 16 heavy (non-hydrogen) atoms. The Morgan fingerprint density at radius 2 is 1.31 bits per heavy atom. The second-order valence-corrected chi connectivity index (χ2v) is 7.35. The molecule has 1 aromatic heterocycles. The Kier molecular flexibility index (Phi) is 6.36. The molecular weight excluding hydrogens is 279 g/mol. The molecule has 0 radical (unpaired) electrons. The Bertz CT molecular complexity index is 341. The number of hydrogen-bond acceptors (Lipinski definition) is 3. The Labute approximate surface area is 96.4 Å². The lowest BCUT2D eigenvalue weighted by molar-refractivity contribution is 0.351. The van der Waals surface area contributed by atoms with Gasteiger partial charge in [-0.15, -0.1) is 0 Å². The zero-order chi connectivity index (χ0) is 12.8. The molecule has 0 saturated carbocycles. The smallest absolute Gasteiger partial charge is 0.323 e.